The second kappa shape index (κ2) is 5.75. The molecule has 0 spiro atoms. The molecule has 0 aliphatic heterocycles. The Morgan fingerprint density at radius 2 is 2.00 bits per heavy atom. The van der Waals surface area contributed by atoms with Gasteiger partial charge in [-0.1, -0.05) is 60.0 Å². The van der Waals surface area contributed by atoms with Gasteiger partial charge in [-0.3, -0.25) is 10.1 Å². The van der Waals surface area contributed by atoms with Crippen molar-refractivity contribution >= 4 is 27.9 Å². The van der Waals surface area contributed by atoms with E-state index in [1.807, 2.05) is 39.0 Å². The van der Waals surface area contributed by atoms with Crippen LogP contribution in [0.2, 0.25) is 0 Å². The molecule has 0 aliphatic rings. The predicted octanol–water partition coefficient (Wildman–Crippen LogP) is 3.51. The third-order valence-corrected chi connectivity index (χ3v) is 3.30. The normalized spacial score (nSPS) is 11.4. The number of hydrogen-bond donors (Lipinski definition) is 1. The van der Waals surface area contributed by atoms with Gasteiger partial charge in [0, 0.05) is 16.3 Å². The Morgan fingerprint density at radius 3 is 2.60 bits per heavy atom. The van der Waals surface area contributed by atoms with Crippen LogP contribution in [-0.2, 0) is 10.7 Å². The number of halogens is 1. The largest absolute Gasteiger partial charge is 0.407 e. The zero-order valence-electron chi connectivity index (χ0n) is 11.6. The van der Waals surface area contributed by atoms with Crippen LogP contribution < -0.4 is 5.32 Å². The fraction of sp³-hybridized carbons (Fsp3) is 0.357. The number of rotatable bonds is 3. The summed E-state index contributed by atoms with van der Waals surface area (Å²) in [6, 6.07) is 7.46. The fourth-order valence-electron chi connectivity index (χ4n) is 1.60. The Balaban J connectivity index is 2.18. The lowest BCUT2D eigenvalue weighted by Crippen LogP contribution is -2.14. The van der Waals surface area contributed by atoms with E-state index in [4.69, 9.17) is 4.42 Å². The Kier molecular flexibility index (Phi) is 4.23. The van der Waals surface area contributed by atoms with Crippen LogP contribution in [0.1, 0.15) is 42.6 Å². The first-order chi connectivity index (χ1) is 9.41. The molecule has 0 fully saturated rings. The van der Waals surface area contributed by atoms with Gasteiger partial charge in [-0.15, -0.1) is 5.10 Å². The van der Waals surface area contributed by atoms with Crippen molar-refractivity contribution in [2.75, 3.05) is 5.32 Å². The number of nitrogens with one attached hydrogen (secondary N) is 1. The van der Waals surface area contributed by atoms with Crippen molar-refractivity contribution in [1.29, 1.82) is 0 Å². The summed E-state index contributed by atoms with van der Waals surface area (Å²) in [4.78, 5) is 12.2. The van der Waals surface area contributed by atoms with Crippen LogP contribution in [0.4, 0.5) is 6.01 Å². The lowest BCUT2D eigenvalue weighted by Gasteiger charge is -2.11. The topological polar surface area (TPSA) is 68.0 Å². The van der Waals surface area contributed by atoms with Crippen LogP contribution in [0.15, 0.2) is 28.7 Å². The van der Waals surface area contributed by atoms with E-state index in [1.54, 1.807) is 6.07 Å². The molecule has 0 radical (unpaired) electrons. The van der Waals surface area contributed by atoms with Crippen molar-refractivity contribution in [1.82, 2.24) is 10.2 Å². The Bertz CT molecular complexity index is 617. The first-order valence-electron chi connectivity index (χ1n) is 6.21. The van der Waals surface area contributed by atoms with Crippen molar-refractivity contribution in [3.63, 3.8) is 0 Å². The molecule has 1 heterocycles. The van der Waals surface area contributed by atoms with Crippen molar-refractivity contribution < 1.29 is 9.21 Å². The lowest BCUT2D eigenvalue weighted by atomic mass is 9.97. The lowest BCUT2D eigenvalue weighted by molar-refractivity contribution is 0.102. The van der Waals surface area contributed by atoms with Crippen LogP contribution >= 0.6 is 15.9 Å². The zero-order valence-corrected chi connectivity index (χ0v) is 13.2. The second-order valence-corrected chi connectivity index (χ2v) is 5.97. The summed E-state index contributed by atoms with van der Waals surface area (Å²) in [5.41, 5.74) is 1.24. The minimum Gasteiger partial charge on any atom is -0.407 e. The standard InChI is InChI=1S/C14H16BrN3O2/c1-14(2,3)12-17-18-13(20-12)16-11(19)10-7-5-4-6-9(10)8-15/h4-7H,8H2,1-3H3,(H,16,18,19). The van der Waals surface area contributed by atoms with Gasteiger partial charge in [0.1, 0.15) is 0 Å². The Morgan fingerprint density at radius 1 is 1.30 bits per heavy atom. The van der Waals surface area contributed by atoms with Crippen molar-refractivity contribution in [2.45, 2.75) is 31.5 Å². The smallest absolute Gasteiger partial charge is 0.322 e. The summed E-state index contributed by atoms with van der Waals surface area (Å²) < 4.78 is 5.45. The molecule has 0 saturated heterocycles. The van der Waals surface area contributed by atoms with Gasteiger partial charge in [0.05, 0.1) is 0 Å². The average molecular weight is 338 g/mol. The van der Waals surface area contributed by atoms with Gasteiger partial charge in [0.2, 0.25) is 5.89 Å². The van der Waals surface area contributed by atoms with Gasteiger partial charge >= 0.3 is 6.01 Å². The van der Waals surface area contributed by atoms with E-state index >= 15 is 0 Å². The molecule has 1 N–H and O–H groups in total. The molecule has 1 amide bonds. The number of nitrogens with zero attached hydrogens (tertiary/aromatic N) is 2. The maximum atomic E-state index is 12.2. The first-order valence-corrected chi connectivity index (χ1v) is 7.33. The SMILES string of the molecule is CC(C)(C)c1nnc(NC(=O)c2ccccc2CBr)o1. The molecule has 0 aliphatic carbocycles. The summed E-state index contributed by atoms with van der Waals surface area (Å²) in [5, 5.41) is 11.0. The van der Waals surface area contributed by atoms with Crippen LogP contribution in [0, 0.1) is 0 Å². The van der Waals surface area contributed by atoms with Crippen molar-refractivity contribution in [2.24, 2.45) is 0 Å². The van der Waals surface area contributed by atoms with E-state index in [-0.39, 0.29) is 17.3 Å². The molecule has 5 nitrogen and oxygen atoms in total. The molecule has 6 heteroatoms. The van der Waals surface area contributed by atoms with Gasteiger partial charge in [0.15, 0.2) is 0 Å². The predicted molar refractivity (Wildman–Crippen MR) is 80.0 cm³/mol. The fourth-order valence-corrected chi connectivity index (χ4v) is 2.09. The molecule has 2 rings (SSSR count). The van der Waals surface area contributed by atoms with E-state index in [2.05, 4.69) is 31.4 Å². The van der Waals surface area contributed by atoms with Crippen LogP contribution in [0.25, 0.3) is 0 Å². The molecular formula is C14H16BrN3O2. The minimum atomic E-state index is -0.260. The van der Waals surface area contributed by atoms with Crippen LogP contribution in [-0.4, -0.2) is 16.1 Å². The molecule has 0 unspecified atom stereocenters. The summed E-state index contributed by atoms with van der Waals surface area (Å²) in [6.45, 7) is 5.89. The highest BCUT2D eigenvalue weighted by Crippen LogP contribution is 2.22. The van der Waals surface area contributed by atoms with Gasteiger partial charge in [-0.2, -0.15) is 0 Å². The minimum absolute atomic E-state index is 0.115. The number of aromatic nitrogens is 2. The number of carbonyl (C=O) groups excluding carboxylic acids is 1. The van der Waals surface area contributed by atoms with Gasteiger partial charge in [-0.05, 0) is 11.6 Å². The number of amides is 1. The van der Waals surface area contributed by atoms with E-state index in [9.17, 15) is 4.79 Å². The van der Waals surface area contributed by atoms with E-state index in [0.29, 0.717) is 16.8 Å². The van der Waals surface area contributed by atoms with Crippen LogP contribution in [0.3, 0.4) is 0 Å². The van der Waals surface area contributed by atoms with E-state index in [1.165, 1.54) is 0 Å². The molecule has 20 heavy (non-hydrogen) atoms. The highest BCUT2D eigenvalue weighted by atomic mass is 79.9. The molecular weight excluding hydrogens is 322 g/mol. The zero-order chi connectivity index (χ0) is 14.8. The highest BCUT2D eigenvalue weighted by molar-refractivity contribution is 9.08. The van der Waals surface area contributed by atoms with Gasteiger partial charge in [-0.25, -0.2) is 0 Å². The molecule has 2 aromatic rings. The molecule has 0 bridgehead atoms. The quantitative estimate of drug-likeness (QED) is 0.870. The van der Waals surface area contributed by atoms with E-state index in [0.717, 1.165) is 5.56 Å². The number of alkyl halides is 1. The molecule has 1 aromatic carbocycles. The summed E-state index contributed by atoms with van der Waals surface area (Å²) in [7, 11) is 0. The maximum absolute atomic E-state index is 12.2. The number of hydrogen-bond acceptors (Lipinski definition) is 4. The van der Waals surface area contributed by atoms with Crippen LogP contribution in [0.5, 0.6) is 0 Å². The van der Waals surface area contributed by atoms with E-state index < -0.39 is 0 Å². The third kappa shape index (κ3) is 3.25. The van der Waals surface area contributed by atoms with Gasteiger partial charge in [0.25, 0.3) is 5.91 Å². The van der Waals surface area contributed by atoms with Crippen molar-refractivity contribution in [3.8, 4) is 0 Å². The monoisotopic (exact) mass is 337 g/mol. The van der Waals surface area contributed by atoms with Gasteiger partial charge < -0.3 is 4.42 Å². The molecule has 1 aromatic heterocycles. The maximum Gasteiger partial charge on any atom is 0.322 e. The second-order valence-electron chi connectivity index (χ2n) is 5.41. The number of carbonyl (C=O) groups is 1. The summed E-state index contributed by atoms with van der Waals surface area (Å²) >= 11 is 3.36. The number of benzene rings is 1. The number of anilines is 1. The highest BCUT2D eigenvalue weighted by Gasteiger charge is 2.22. The Hall–Kier alpha value is -1.69. The third-order valence-electron chi connectivity index (χ3n) is 2.69. The average Bonchev–Trinajstić information content (AvgIpc) is 2.87. The summed E-state index contributed by atoms with van der Waals surface area (Å²) in [6.07, 6.45) is 0. The molecule has 0 saturated carbocycles. The van der Waals surface area contributed by atoms with Crippen molar-refractivity contribution in [3.05, 3.63) is 41.3 Å². The molecule has 0 atom stereocenters. The molecule has 106 valence electrons. The Labute approximate surface area is 125 Å². The summed E-state index contributed by atoms with van der Waals surface area (Å²) in [5.74, 6) is 0.228. The first kappa shape index (κ1) is 14.7.